The third-order valence-corrected chi connectivity index (χ3v) is 3.41. The Morgan fingerprint density at radius 2 is 2.00 bits per heavy atom. The molecule has 0 spiro atoms. The Morgan fingerprint density at radius 3 is 2.60 bits per heavy atom. The van der Waals surface area contributed by atoms with Gasteiger partial charge in [0.15, 0.2) is 5.82 Å². The number of rotatable bonds is 4. The Labute approximate surface area is 141 Å². The summed E-state index contributed by atoms with van der Waals surface area (Å²) >= 11 is 0. The van der Waals surface area contributed by atoms with Crippen LogP contribution in [0.2, 0.25) is 0 Å². The molecule has 0 saturated carbocycles. The highest BCUT2D eigenvalue weighted by Crippen LogP contribution is 2.31. The van der Waals surface area contributed by atoms with Crippen LogP contribution in [-0.4, -0.2) is 32.7 Å². The first-order valence-electron chi connectivity index (χ1n) is 7.36. The Hall–Kier alpha value is -2.65. The molecule has 0 radical (unpaired) electrons. The monoisotopic (exact) mass is 359 g/mol. The van der Waals surface area contributed by atoms with Crippen LogP contribution in [0.15, 0.2) is 24.5 Å². The number of anilines is 1. The number of urea groups is 1. The molecule has 0 atom stereocenters. The van der Waals surface area contributed by atoms with Crippen LogP contribution in [0.1, 0.15) is 31.3 Å². The van der Waals surface area contributed by atoms with E-state index in [0.717, 1.165) is 6.07 Å². The number of hydrogen-bond donors (Lipinski definition) is 1. The van der Waals surface area contributed by atoms with Crippen LogP contribution in [-0.2, 0) is 12.7 Å². The third kappa shape index (κ3) is 4.68. The van der Waals surface area contributed by atoms with Crippen molar-refractivity contribution in [3.8, 4) is 0 Å². The second kappa shape index (κ2) is 7.08. The van der Waals surface area contributed by atoms with Gasteiger partial charge in [-0.05, 0) is 32.0 Å². The molecule has 1 N–H and O–H groups in total. The molecule has 6 nitrogen and oxygen atoms in total. The fourth-order valence-corrected chi connectivity index (χ4v) is 2.14. The normalized spacial score (nSPS) is 11.7. The zero-order chi connectivity index (χ0) is 18.8. The van der Waals surface area contributed by atoms with Gasteiger partial charge in [-0.3, -0.25) is 0 Å². The number of aromatic nitrogens is 3. The summed E-state index contributed by atoms with van der Waals surface area (Å²) in [6, 6.07) is 1.24. The van der Waals surface area contributed by atoms with Gasteiger partial charge in [-0.25, -0.2) is 9.18 Å². The Bertz CT molecular complexity index is 757. The van der Waals surface area contributed by atoms with Gasteiger partial charge in [0, 0.05) is 18.8 Å². The molecular weight excluding hydrogens is 342 g/mol. The van der Waals surface area contributed by atoms with Crippen molar-refractivity contribution in [1.29, 1.82) is 0 Å². The number of nitrogens with zero attached hydrogens (tertiary/aromatic N) is 4. The van der Waals surface area contributed by atoms with Crippen LogP contribution in [0.5, 0.6) is 0 Å². The zero-order valence-electron chi connectivity index (χ0n) is 13.8. The highest BCUT2D eigenvalue weighted by atomic mass is 19.4. The van der Waals surface area contributed by atoms with Gasteiger partial charge in [-0.1, -0.05) is 0 Å². The first-order valence-corrected chi connectivity index (χ1v) is 7.36. The summed E-state index contributed by atoms with van der Waals surface area (Å²) in [7, 11) is 1.44. The van der Waals surface area contributed by atoms with E-state index in [0.29, 0.717) is 18.0 Å². The molecular formula is C15H17F4N5O. The summed E-state index contributed by atoms with van der Waals surface area (Å²) in [5, 5.41) is 9.93. The molecule has 0 aliphatic heterocycles. The van der Waals surface area contributed by atoms with Crippen molar-refractivity contribution in [3.05, 3.63) is 41.7 Å². The summed E-state index contributed by atoms with van der Waals surface area (Å²) in [6.07, 6.45) is -3.19. The minimum absolute atomic E-state index is 0.0824. The maximum absolute atomic E-state index is 13.4. The Kier molecular flexibility index (Phi) is 5.29. The number of amides is 2. The van der Waals surface area contributed by atoms with E-state index in [2.05, 4.69) is 15.5 Å². The Balaban J connectivity index is 2.11. The van der Waals surface area contributed by atoms with Gasteiger partial charge in [0.2, 0.25) is 0 Å². The lowest BCUT2D eigenvalue weighted by Crippen LogP contribution is -2.32. The van der Waals surface area contributed by atoms with Crippen molar-refractivity contribution in [3.63, 3.8) is 0 Å². The fraction of sp³-hybridized carbons (Fsp3) is 0.400. The SMILES string of the molecule is CC(C)n1cnnc1CN(C)C(=O)Nc1cc(F)cc(C(F)(F)F)c1. The average Bonchev–Trinajstić information content (AvgIpc) is 2.94. The van der Waals surface area contributed by atoms with E-state index >= 15 is 0 Å². The lowest BCUT2D eigenvalue weighted by molar-refractivity contribution is -0.137. The van der Waals surface area contributed by atoms with Gasteiger partial charge < -0.3 is 14.8 Å². The van der Waals surface area contributed by atoms with Gasteiger partial charge in [0.25, 0.3) is 0 Å². The average molecular weight is 359 g/mol. The lowest BCUT2D eigenvalue weighted by atomic mass is 10.2. The molecule has 25 heavy (non-hydrogen) atoms. The van der Waals surface area contributed by atoms with E-state index in [1.807, 2.05) is 13.8 Å². The van der Waals surface area contributed by atoms with Crippen molar-refractivity contribution < 1.29 is 22.4 Å². The molecule has 0 bridgehead atoms. The first-order chi connectivity index (χ1) is 11.6. The van der Waals surface area contributed by atoms with Gasteiger partial charge in [0.05, 0.1) is 12.1 Å². The molecule has 0 saturated heterocycles. The number of nitrogens with one attached hydrogen (secondary N) is 1. The predicted molar refractivity (Wildman–Crippen MR) is 82.3 cm³/mol. The van der Waals surface area contributed by atoms with E-state index in [1.165, 1.54) is 18.3 Å². The van der Waals surface area contributed by atoms with Gasteiger partial charge in [-0.2, -0.15) is 13.2 Å². The van der Waals surface area contributed by atoms with Crippen molar-refractivity contribution in [2.75, 3.05) is 12.4 Å². The molecule has 1 aromatic carbocycles. The van der Waals surface area contributed by atoms with Gasteiger partial charge >= 0.3 is 12.2 Å². The van der Waals surface area contributed by atoms with E-state index in [9.17, 15) is 22.4 Å². The number of hydrogen-bond acceptors (Lipinski definition) is 3. The number of carbonyl (C=O) groups is 1. The quantitative estimate of drug-likeness (QED) is 0.847. The number of alkyl halides is 3. The fourth-order valence-electron chi connectivity index (χ4n) is 2.14. The largest absolute Gasteiger partial charge is 0.416 e. The molecule has 136 valence electrons. The smallest absolute Gasteiger partial charge is 0.320 e. The summed E-state index contributed by atoms with van der Waals surface area (Å²) < 4.78 is 53.3. The highest BCUT2D eigenvalue weighted by molar-refractivity contribution is 5.89. The van der Waals surface area contributed by atoms with Crippen LogP contribution in [0.4, 0.5) is 28.0 Å². The summed E-state index contributed by atoms with van der Waals surface area (Å²) in [5.41, 5.74) is -1.46. The van der Waals surface area contributed by atoms with Gasteiger partial charge in [-0.15, -0.1) is 10.2 Å². The van der Waals surface area contributed by atoms with E-state index in [-0.39, 0.29) is 18.3 Å². The van der Waals surface area contributed by atoms with Crippen molar-refractivity contribution in [1.82, 2.24) is 19.7 Å². The van der Waals surface area contributed by atoms with Crippen LogP contribution in [0, 0.1) is 5.82 Å². The van der Waals surface area contributed by atoms with Crippen molar-refractivity contribution >= 4 is 11.7 Å². The minimum atomic E-state index is -4.71. The van der Waals surface area contributed by atoms with Gasteiger partial charge in [0.1, 0.15) is 12.1 Å². The number of benzene rings is 1. The summed E-state index contributed by atoms with van der Waals surface area (Å²) in [5.74, 6) is -0.574. The van der Waals surface area contributed by atoms with Crippen LogP contribution < -0.4 is 5.32 Å². The van der Waals surface area contributed by atoms with E-state index < -0.39 is 23.6 Å². The number of carbonyl (C=O) groups excluding carboxylic acids is 1. The second-order valence-corrected chi connectivity index (χ2v) is 5.76. The third-order valence-electron chi connectivity index (χ3n) is 3.41. The minimum Gasteiger partial charge on any atom is -0.320 e. The predicted octanol–water partition coefficient (Wildman–Crippen LogP) is 3.68. The lowest BCUT2D eigenvalue weighted by Gasteiger charge is -2.19. The van der Waals surface area contributed by atoms with Crippen molar-refractivity contribution in [2.24, 2.45) is 0 Å². The molecule has 0 fully saturated rings. The first kappa shape index (κ1) is 18.7. The molecule has 2 rings (SSSR count). The molecule has 0 unspecified atom stereocenters. The molecule has 10 heteroatoms. The van der Waals surface area contributed by atoms with Crippen LogP contribution >= 0.6 is 0 Å². The van der Waals surface area contributed by atoms with Crippen molar-refractivity contribution in [2.45, 2.75) is 32.6 Å². The maximum Gasteiger partial charge on any atom is 0.416 e. The topological polar surface area (TPSA) is 63.1 Å². The molecule has 1 aromatic heterocycles. The molecule has 0 aliphatic carbocycles. The highest BCUT2D eigenvalue weighted by Gasteiger charge is 2.31. The van der Waals surface area contributed by atoms with Crippen LogP contribution in [0.25, 0.3) is 0 Å². The molecule has 2 aromatic rings. The standard InChI is InChI=1S/C15H17F4N5O/c1-9(2)24-8-20-22-13(24)7-23(3)14(25)21-12-5-10(15(17,18)19)4-11(16)6-12/h4-6,8-9H,7H2,1-3H3,(H,21,25). The Morgan fingerprint density at radius 1 is 1.32 bits per heavy atom. The number of halogens is 4. The van der Waals surface area contributed by atoms with E-state index in [1.54, 1.807) is 4.57 Å². The zero-order valence-corrected chi connectivity index (χ0v) is 13.8. The summed E-state index contributed by atoms with van der Waals surface area (Å²) in [6.45, 7) is 3.92. The summed E-state index contributed by atoms with van der Waals surface area (Å²) in [4.78, 5) is 13.4. The van der Waals surface area contributed by atoms with Crippen LogP contribution in [0.3, 0.4) is 0 Å². The van der Waals surface area contributed by atoms with E-state index in [4.69, 9.17) is 0 Å². The second-order valence-electron chi connectivity index (χ2n) is 5.76. The maximum atomic E-state index is 13.4. The molecule has 2 amide bonds. The molecule has 1 heterocycles. The molecule has 0 aliphatic rings.